The summed E-state index contributed by atoms with van der Waals surface area (Å²) in [5.74, 6) is 0.914. The van der Waals surface area contributed by atoms with Gasteiger partial charge in [0.2, 0.25) is 5.91 Å². The van der Waals surface area contributed by atoms with Crippen LogP contribution in [0.2, 0.25) is 0 Å². The summed E-state index contributed by atoms with van der Waals surface area (Å²) in [5, 5.41) is 21.1. The maximum Gasteiger partial charge on any atom is 0.224 e. The zero-order valence-corrected chi connectivity index (χ0v) is 13.8. The van der Waals surface area contributed by atoms with Crippen molar-refractivity contribution in [2.75, 3.05) is 26.2 Å². The molecule has 3 heterocycles. The highest BCUT2D eigenvalue weighted by Crippen LogP contribution is 2.21. The van der Waals surface area contributed by atoms with E-state index < -0.39 is 0 Å². The lowest BCUT2D eigenvalue weighted by Gasteiger charge is -2.41. The molecular formula is C15H26N6O2. The Morgan fingerprint density at radius 3 is 2.70 bits per heavy atom. The average molecular weight is 322 g/mol. The number of aliphatic hydroxyl groups excluding tert-OH is 1. The van der Waals surface area contributed by atoms with Gasteiger partial charge in [0.25, 0.3) is 0 Å². The standard InChI is InChI=1S/C15H26N6O2/c1-12-16-17-18-21(12)10-6-15(23)19-8-4-13(5-9-19)20-7-2-3-14(22)11-20/h13-14,22H,2-11H2,1H3. The molecule has 1 N–H and O–H groups in total. The predicted molar refractivity (Wildman–Crippen MR) is 83.6 cm³/mol. The van der Waals surface area contributed by atoms with Gasteiger partial charge in [0, 0.05) is 32.1 Å². The van der Waals surface area contributed by atoms with Gasteiger partial charge in [0.1, 0.15) is 5.82 Å². The fourth-order valence-electron chi connectivity index (χ4n) is 3.61. The van der Waals surface area contributed by atoms with E-state index in [-0.39, 0.29) is 12.0 Å². The largest absolute Gasteiger partial charge is 0.392 e. The van der Waals surface area contributed by atoms with Crippen LogP contribution in [0, 0.1) is 6.92 Å². The number of likely N-dealkylation sites (tertiary alicyclic amines) is 2. The second kappa shape index (κ2) is 7.35. The number of carbonyl (C=O) groups is 1. The van der Waals surface area contributed by atoms with Crippen molar-refractivity contribution in [2.24, 2.45) is 0 Å². The minimum Gasteiger partial charge on any atom is -0.392 e. The Balaban J connectivity index is 1.43. The van der Waals surface area contributed by atoms with Crippen molar-refractivity contribution in [2.45, 2.75) is 57.7 Å². The summed E-state index contributed by atoms with van der Waals surface area (Å²) in [6.45, 7) is 5.86. The third-order valence-electron chi connectivity index (χ3n) is 5.01. The van der Waals surface area contributed by atoms with Gasteiger partial charge in [-0.05, 0) is 49.6 Å². The van der Waals surface area contributed by atoms with Crippen molar-refractivity contribution < 1.29 is 9.90 Å². The summed E-state index contributed by atoms with van der Waals surface area (Å²) in [6.07, 6.45) is 4.27. The molecule has 8 nitrogen and oxygen atoms in total. The van der Waals surface area contributed by atoms with Crippen molar-refractivity contribution in [3.8, 4) is 0 Å². The first kappa shape index (κ1) is 16.3. The number of carbonyl (C=O) groups excluding carboxylic acids is 1. The minimum atomic E-state index is -0.178. The summed E-state index contributed by atoms with van der Waals surface area (Å²) < 4.78 is 1.67. The summed E-state index contributed by atoms with van der Waals surface area (Å²) in [7, 11) is 0. The quantitative estimate of drug-likeness (QED) is 0.827. The third-order valence-corrected chi connectivity index (χ3v) is 5.01. The van der Waals surface area contributed by atoms with Gasteiger partial charge < -0.3 is 10.0 Å². The predicted octanol–water partition coefficient (Wildman–Crippen LogP) is -0.181. The molecular weight excluding hydrogens is 296 g/mol. The molecule has 0 aromatic carbocycles. The minimum absolute atomic E-state index is 0.178. The molecule has 128 valence electrons. The topological polar surface area (TPSA) is 87.4 Å². The molecule has 1 aromatic heterocycles. The van der Waals surface area contributed by atoms with Crippen LogP contribution in [0.1, 0.15) is 37.9 Å². The molecule has 8 heteroatoms. The second-order valence-electron chi connectivity index (χ2n) is 6.60. The van der Waals surface area contributed by atoms with E-state index in [2.05, 4.69) is 20.4 Å². The molecule has 1 amide bonds. The van der Waals surface area contributed by atoms with Crippen LogP contribution in [0.4, 0.5) is 0 Å². The number of amides is 1. The number of aliphatic hydroxyl groups is 1. The molecule has 0 saturated carbocycles. The number of aromatic nitrogens is 4. The van der Waals surface area contributed by atoms with Gasteiger partial charge in [0.15, 0.2) is 0 Å². The summed E-state index contributed by atoms with van der Waals surface area (Å²) in [5.41, 5.74) is 0. The lowest BCUT2D eigenvalue weighted by atomic mass is 9.99. The van der Waals surface area contributed by atoms with Crippen molar-refractivity contribution in [3.63, 3.8) is 0 Å². The molecule has 2 fully saturated rings. The van der Waals surface area contributed by atoms with E-state index in [0.717, 1.165) is 57.7 Å². The number of aryl methyl sites for hydroxylation is 2. The van der Waals surface area contributed by atoms with Crippen LogP contribution in [-0.2, 0) is 11.3 Å². The molecule has 23 heavy (non-hydrogen) atoms. The first-order valence-corrected chi connectivity index (χ1v) is 8.56. The monoisotopic (exact) mass is 322 g/mol. The first-order valence-electron chi connectivity index (χ1n) is 8.56. The van der Waals surface area contributed by atoms with Crippen molar-refractivity contribution in [1.82, 2.24) is 30.0 Å². The molecule has 3 rings (SSSR count). The Kier molecular flexibility index (Phi) is 5.22. The van der Waals surface area contributed by atoms with Gasteiger partial charge in [-0.2, -0.15) is 0 Å². The molecule has 2 saturated heterocycles. The molecule has 2 aliphatic heterocycles. The van der Waals surface area contributed by atoms with E-state index in [0.29, 0.717) is 19.0 Å². The highest BCUT2D eigenvalue weighted by Gasteiger charge is 2.29. The van der Waals surface area contributed by atoms with Gasteiger partial charge in [-0.3, -0.25) is 9.69 Å². The average Bonchev–Trinajstić information content (AvgIpc) is 2.98. The van der Waals surface area contributed by atoms with Crippen molar-refractivity contribution >= 4 is 5.91 Å². The lowest BCUT2D eigenvalue weighted by molar-refractivity contribution is -0.133. The van der Waals surface area contributed by atoms with Crippen molar-refractivity contribution in [1.29, 1.82) is 0 Å². The Bertz CT molecular complexity index is 526. The van der Waals surface area contributed by atoms with E-state index in [1.807, 2.05) is 11.8 Å². The maximum absolute atomic E-state index is 12.3. The second-order valence-corrected chi connectivity index (χ2v) is 6.60. The molecule has 2 aliphatic rings. The number of piperidine rings is 2. The summed E-state index contributed by atoms with van der Waals surface area (Å²) in [6, 6.07) is 0.510. The summed E-state index contributed by atoms with van der Waals surface area (Å²) >= 11 is 0. The summed E-state index contributed by atoms with van der Waals surface area (Å²) in [4.78, 5) is 16.7. The van der Waals surface area contributed by atoms with Crippen LogP contribution in [0.25, 0.3) is 0 Å². The maximum atomic E-state index is 12.3. The molecule has 0 bridgehead atoms. The number of tetrazole rings is 1. The number of hydrogen-bond acceptors (Lipinski definition) is 6. The number of rotatable bonds is 4. The zero-order valence-electron chi connectivity index (χ0n) is 13.8. The van der Waals surface area contributed by atoms with E-state index in [9.17, 15) is 9.90 Å². The first-order chi connectivity index (χ1) is 11.1. The van der Waals surface area contributed by atoms with Gasteiger partial charge in [-0.25, -0.2) is 4.68 Å². The van der Waals surface area contributed by atoms with Crippen LogP contribution in [0.15, 0.2) is 0 Å². The molecule has 1 unspecified atom stereocenters. The SMILES string of the molecule is Cc1nnnn1CCC(=O)N1CCC(N2CCCC(O)C2)CC1. The molecule has 0 radical (unpaired) electrons. The Labute approximate surface area is 136 Å². The number of β-amino-alcohol motifs (C(OH)–C–C–N with tert-alkyl or cyclic N) is 1. The van der Waals surface area contributed by atoms with E-state index >= 15 is 0 Å². The van der Waals surface area contributed by atoms with E-state index in [4.69, 9.17) is 0 Å². The molecule has 0 aliphatic carbocycles. The third kappa shape index (κ3) is 4.06. The van der Waals surface area contributed by atoms with Crippen LogP contribution in [0.3, 0.4) is 0 Å². The van der Waals surface area contributed by atoms with E-state index in [1.54, 1.807) is 4.68 Å². The van der Waals surface area contributed by atoms with Crippen LogP contribution < -0.4 is 0 Å². The van der Waals surface area contributed by atoms with Crippen molar-refractivity contribution in [3.05, 3.63) is 5.82 Å². The molecule has 1 atom stereocenters. The van der Waals surface area contributed by atoms with Gasteiger partial charge >= 0.3 is 0 Å². The highest BCUT2D eigenvalue weighted by molar-refractivity contribution is 5.76. The van der Waals surface area contributed by atoms with Gasteiger partial charge in [0.05, 0.1) is 12.6 Å². The zero-order chi connectivity index (χ0) is 16.2. The molecule has 0 spiro atoms. The smallest absolute Gasteiger partial charge is 0.224 e. The molecule has 1 aromatic rings. The van der Waals surface area contributed by atoms with E-state index in [1.165, 1.54) is 0 Å². The fraction of sp³-hybridized carbons (Fsp3) is 0.867. The number of hydrogen-bond donors (Lipinski definition) is 1. The number of nitrogens with zero attached hydrogens (tertiary/aromatic N) is 6. The normalized spacial score (nSPS) is 24.1. The fourth-order valence-corrected chi connectivity index (χ4v) is 3.61. The van der Waals surface area contributed by atoms with Crippen LogP contribution in [0.5, 0.6) is 0 Å². The van der Waals surface area contributed by atoms with Gasteiger partial charge in [-0.1, -0.05) is 0 Å². The van der Waals surface area contributed by atoms with Crippen LogP contribution >= 0.6 is 0 Å². The van der Waals surface area contributed by atoms with Crippen LogP contribution in [-0.4, -0.2) is 79.3 Å². The Morgan fingerprint density at radius 1 is 1.26 bits per heavy atom. The van der Waals surface area contributed by atoms with Gasteiger partial charge in [-0.15, -0.1) is 5.10 Å². The Morgan fingerprint density at radius 2 is 2.04 bits per heavy atom. The Hall–Kier alpha value is -1.54. The lowest BCUT2D eigenvalue weighted by Crippen LogP contribution is -2.50. The highest BCUT2D eigenvalue weighted by atomic mass is 16.3.